The van der Waals surface area contributed by atoms with E-state index in [9.17, 15) is 0 Å². The van der Waals surface area contributed by atoms with Gasteiger partial charge in [-0.05, 0) is 65.3 Å². The SMILES string of the molecule is CC(C)N(C(C)C)[C@H](C)CCNc1c2ccccc2nc2cc(Cl)ccc12. The van der Waals surface area contributed by atoms with Crippen molar-refractivity contribution < 1.29 is 0 Å². The van der Waals surface area contributed by atoms with E-state index in [-0.39, 0.29) is 0 Å². The molecule has 0 amide bonds. The van der Waals surface area contributed by atoms with Gasteiger partial charge in [0.15, 0.2) is 0 Å². The van der Waals surface area contributed by atoms with E-state index in [4.69, 9.17) is 16.6 Å². The van der Waals surface area contributed by atoms with Crippen LogP contribution in [0.25, 0.3) is 21.8 Å². The molecule has 27 heavy (non-hydrogen) atoms. The van der Waals surface area contributed by atoms with Crippen molar-refractivity contribution in [3.63, 3.8) is 0 Å². The second-order valence-corrected chi connectivity index (χ2v) is 8.30. The smallest absolute Gasteiger partial charge is 0.0745 e. The van der Waals surface area contributed by atoms with Crippen LogP contribution in [0, 0.1) is 0 Å². The van der Waals surface area contributed by atoms with E-state index < -0.39 is 0 Å². The van der Waals surface area contributed by atoms with E-state index >= 15 is 0 Å². The van der Waals surface area contributed by atoms with Crippen molar-refractivity contribution in [2.24, 2.45) is 0 Å². The van der Waals surface area contributed by atoms with Gasteiger partial charge >= 0.3 is 0 Å². The highest BCUT2D eigenvalue weighted by atomic mass is 35.5. The van der Waals surface area contributed by atoms with Gasteiger partial charge in [0.05, 0.1) is 16.7 Å². The average Bonchev–Trinajstić information content (AvgIpc) is 2.60. The molecule has 2 aromatic carbocycles. The van der Waals surface area contributed by atoms with Crippen LogP contribution in [0.1, 0.15) is 41.0 Å². The normalized spacial score (nSPS) is 13.2. The molecule has 0 saturated heterocycles. The van der Waals surface area contributed by atoms with Gasteiger partial charge in [-0.1, -0.05) is 29.8 Å². The Morgan fingerprint density at radius 2 is 1.59 bits per heavy atom. The minimum atomic E-state index is 0.520. The average molecular weight is 384 g/mol. The van der Waals surface area contributed by atoms with Crippen LogP contribution in [0.2, 0.25) is 5.02 Å². The first kappa shape index (κ1) is 19.9. The number of fused-ring (bicyclic) bond motifs is 2. The number of para-hydroxylation sites is 1. The van der Waals surface area contributed by atoms with Crippen molar-refractivity contribution in [3.05, 3.63) is 47.5 Å². The fourth-order valence-electron chi connectivity index (χ4n) is 4.23. The summed E-state index contributed by atoms with van der Waals surface area (Å²) < 4.78 is 0. The number of benzene rings is 2. The molecule has 1 N–H and O–H groups in total. The van der Waals surface area contributed by atoms with Gasteiger partial charge < -0.3 is 5.32 Å². The van der Waals surface area contributed by atoms with Crippen molar-refractivity contribution in [1.82, 2.24) is 9.88 Å². The van der Waals surface area contributed by atoms with Gasteiger partial charge in [0.1, 0.15) is 0 Å². The maximum absolute atomic E-state index is 6.20. The van der Waals surface area contributed by atoms with Crippen molar-refractivity contribution in [2.75, 3.05) is 11.9 Å². The first-order valence-electron chi connectivity index (χ1n) is 9.87. The molecule has 1 atom stereocenters. The standard InChI is InChI=1S/C23H30ClN3/c1-15(2)27(16(3)4)17(5)12-13-25-23-19-8-6-7-9-21(19)26-22-14-18(24)10-11-20(22)23/h6-11,14-17H,12-13H2,1-5H3,(H,25,26)/t17-/m1/s1. The third kappa shape index (κ3) is 4.36. The van der Waals surface area contributed by atoms with Crippen molar-refractivity contribution in [3.8, 4) is 0 Å². The zero-order chi connectivity index (χ0) is 19.6. The number of hydrogen-bond acceptors (Lipinski definition) is 3. The fraction of sp³-hybridized carbons (Fsp3) is 0.435. The van der Waals surface area contributed by atoms with E-state index in [1.165, 1.54) is 0 Å². The Bertz CT molecular complexity index is 912. The molecule has 0 bridgehead atoms. The topological polar surface area (TPSA) is 28.2 Å². The van der Waals surface area contributed by atoms with Crippen LogP contribution in [0.3, 0.4) is 0 Å². The number of aromatic nitrogens is 1. The van der Waals surface area contributed by atoms with Crippen molar-refractivity contribution >= 4 is 39.1 Å². The van der Waals surface area contributed by atoms with E-state index in [0.717, 1.165) is 45.5 Å². The number of nitrogens with zero attached hydrogens (tertiary/aromatic N) is 2. The van der Waals surface area contributed by atoms with Gasteiger partial charge in [0.25, 0.3) is 0 Å². The Kier molecular flexibility index (Phi) is 6.23. The molecule has 0 aliphatic rings. The first-order chi connectivity index (χ1) is 12.9. The summed E-state index contributed by atoms with van der Waals surface area (Å²) >= 11 is 6.20. The summed E-state index contributed by atoms with van der Waals surface area (Å²) in [5.74, 6) is 0. The van der Waals surface area contributed by atoms with Gasteiger partial charge in [-0.15, -0.1) is 0 Å². The summed E-state index contributed by atoms with van der Waals surface area (Å²) in [4.78, 5) is 7.36. The number of hydrogen-bond donors (Lipinski definition) is 1. The lowest BCUT2D eigenvalue weighted by atomic mass is 10.1. The van der Waals surface area contributed by atoms with E-state index in [1.807, 2.05) is 18.2 Å². The number of nitrogens with one attached hydrogen (secondary N) is 1. The summed E-state index contributed by atoms with van der Waals surface area (Å²) in [6.45, 7) is 12.3. The van der Waals surface area contributed by atoms with Crippen LogP contribution in [-0.4, -0.2) is 34.6 Å². The van der Waals surface area contributed by atoms with Crippen LogP contribution >= 0.6 is 11.6 Å². The van der Waals surface area contributed by atoms with Gasteiger partial charge in [-0.2, -0.15) is 0 Å². The number of rotatable bonds is 7. The molecular formula is C23H30ClN3. The molecule has 0 radical (unpaired) electrons. The van der Waals surface area contributed by atoms with Crippen molar-refractivity contribution in [2.45, 2.75) is 59.2 Å². The molecular weight excluding hydrogens is 354 g/mol. The van der Waals surface area contributed by atoms with E-state index in [0.29, 0.717) is 18.1 Å². The van der Waals surface area contributed by atoms with Gasteiger partial charge in [0, 0.05) is 40.5 Å². The van der Waals surface area contributed by atoms with Crippen LogP contribution in [0.4, 0.5) is 5.69 Å². The van der Waals surface area contributed by atoms with Crippen LogP contribution in [0.15, 0.2) is 42.5 Å². The second kappa shape index (κ2) is 8.45. The summed E-state index contributed by atoms with van der Waals surface area (Å²) in [6, 6.07) is 15.8. The van der Waals surface area contributed by atoms with E-state index in [2.05, 4.69) is 69.1 Å². The number of pyridine rings is 1. The summed E-state index contributed by atoms with van der Waals surface area (Å²) in [7, 11) is 0. The highest BCUT2D eigenvalue weighted by molar-refractivity contribution is 6.31. The summed E-state index contributed by atoms with van der Waals surface area (Å²) in [5.41, 5.74) is 3.08. The zero-order valence-electron chi connectivity index (χ0n) is 17.0. The predicted octanol–water partition coefficient (Wildman–Crippen LogP) is 6.35. The Balaban J connectivity index is 1.87. The number of anilines is 1. The molecule has 3 rings (SSSR count). The number of halogens is 1. The maximum atomic E-state index is 6.20. The Labute approximate surface area is 167 Å². The molecule has 0 aliphatic heterocycles. The van der Waals surface area contributed by atoms with Crippen LogP contribution in [-0.2, 0) is 0 Å². The lowest BCUT2D eigenvalue weighted by Crippen LogP contribution is -2.44. The molecule has 0 aliphatic carbocycles. The van der Waals surface area contributed by atoms with Gasteiger partial charge in [0.2, 0.25) is 0 Å². The molecule has 4 heteroatoms. The second-order valence-electron chi connectivity index (χ2n) is 7.86. The fourth-order valence-corrected chi connectivity index (χ4v) is 4.39. The largest absolute Gasteiger partial charge is 0.384 e. The monoisotopic (exact) mass is 383 g/mol. The Hall–Kier alpha value is -1.84. The first-order valence-corrected chi connectivity index (χ1v) is 10.3. The lowest BCUT2D eigenvalue weighted by molar-refractivity contribution is 0.119. The molecule has 144 valence electrons. The zero-order valence-corrected chi connectivity index (χ0v) is 17.7. The molecule has 1 heterocycles. The summed E-state index contributed by atoms with van der Waals surface area (Å²) in [5, 5.41) is 6.70. The molecule has 0 spiro atoms. The predicted molar refractivity (Wildman–Crippen MR) is 119 cm³/mol. The minimum Gasteiger partial charge on any atom is -0.384 e. The molecule has 3 aromatic rings. The van der Waals surface area contributed by atoms with E-state index in [1.54, 1.807) is 0 Å². The summed E-state index contributed by atoms with van der Waals surface area (Å²) in [6.07, 6.45) is 1.09. The van der Waals surface area contributed by atoms with Crippen LogP contribution < -0.4 is 5.32 Å². The molecule has 0 unspecified atom stereocenters. The molecule has 3 nitrogen and oxygen atoms in total. The molecule has 1 aromatic heterocycles. The third-order valence-electron chi connectivity index (χ3n) is 5.21. The molecule has 0 saturated carbocycles. The third-order valence-corrected chi connectivity index (χ3v) is 5.44. The van der Waals surface area contributed by atoms with Gasteiger partial charge in [-0.3, -0.25) is 4.90 Å². The molecule has 0 fully saturated rings. The van der Waals surface area contributed by atoms with Gasteiger partial charge in [-0.25, -0.2) is 4.98 Å². The maximum Gasteiger partial charge on any atom is 0.0745 e. The van der Waals surface area contributed by atoms with Crippen molar-refractivity contribution in [1.29, 1.82) is 0 Å². The highest BCUT2D eigenvalue weighted by Crippen LogP contribution is 2.32. The van der Waals surface area contributed by atoms with Crippen LogP contribution in [0.5, 0.6) is 0 Å². The quantitative estimate of drug-likeness (QED) is 0.481. The highest BCUT2D eigenvalue weighted by Gasteiger charge is 2.20. The minimum absolute atomic E-state index is 0.520. The Morgan fingerprint density at radius 3 is 2.30 bits per heavy atom. The lowest BCUT2D eigenvalue weighted by Gasteiger charge is -2.36. The Morgan fingerprint density at radius 1 is 0.926 bits per heavy atom.